The molecule has 0 amide bonds. The third-order valence-electron chi connectivity index (χ3n) is 2.47. The molecule has 0 saturated carbocycles. The number of nitrogens with one attached hydrogen (secondary N) is 1. The van der Waals surface area contributed by atoms with Gasteiger partial charge in [-0.2, -0.15) is 5.26 Å². The maximum Gasteiger partial charge on any atom is 0.140 e. The van der Waals surface area contributed by atoms with Crippen molar-refractivity contribution in [3.8, 4) is 6.07 Å². The lowest BCUT2D eigenvalue weighted by atomic mass is 10.1. The second-order valence-corrected chi connectivity index (χ2v) is 3.69. The van der Waals surface area contributed by atoms with Gasteiger partial charge in [0.2, 0.25) is 0 Å². The minimum Gasteiger partial charge on any atom is -0.377 e. The van der Waals surface area contributed by atoms with Gasteiger partial charge in [0.1, 0.15) is 11.8 Å². The first-order valence-corrected chi connectivity index (χ1v) is 5.32. The summed E-state index contributed by atoms with van der Waals surface area (Å²) in [4.78, 5) is 7.99. The van der Waals surface area contributed by atoms with Crippen molar-refractivity contribution in [1.29, 1.82) is 5.26 Å². The zero-order valence-corrected chi connectivity index (χ0v) is 9.46. The Kier molecular flexibility index (Phi) is 3.31. The standard InChI is InChI=1S/C13H12N4/c1-10(11-4-6-15-7-5-11)17-13-3-2-12(8-14)16-9-13/h2-7,9-10,17H,1H3/t10-/m1/s1. The van der Waals surface area contributed by atoms with Gasteiger partial charge in [0.15, 0.2) is 0 Å². The van der Waals surface area contributed by atoms with E-state index in [-0.39, 0.29) is 6.04 Å². The van der Waals surface area contributed by atoms with E-state index in [1.807, 2.05) is 24.3 Å². The van der Waals surface area contributed by atoms with E-state index < -0.39 is 0 Å². The number of hydrogen-bond donors (Lipinski definition) is 1. The molecule has 0 aliphatic heterocycles. The van der Waals surface area contributed by atoms with E-state index >= 15 is 0 Å². The molecule has 2 aromatic rings. The van der Waals surface area contributed by atoms with Crippen LogP contribution in [-0.4, -0.2) is 9.97 Å². The number of nitrogens with zero attached hydrogens (tertiary/aromatic N) is 3. The molecule has 4 nitrogen and oxygen atoms in total. The first-order valence-electron chi connectivity index (χ1n) is 5.32. The van der Waals surface area contributed by atoms with E-state index in [0.717, 1.165) is 11.3 Å². The van der Waals surface area contributed by atoms with E-state index in [9.17, 15) is 0 Å². The number of nitriles is 1. The highest BCUT2D eigenvalue weighted by Crippen LogP contribution is 2.17. The number of anilines is 1. The summed E-state index contributed by atoms with van der Waals surface area (Å²) >= 11 is 0. The Balaban J connectivity index is 2.08. The molecule has 0 fully saturated rings. The molecule has 0 aliphatic rings. The molecule has 17 heavy (non-hydrogen) atoms. The smallest absolute Gasteiger partial charge is 0.140 e. The normalized spacial score (nSPS) is 11.5. The first kappa shape index (κ1) is 11.1. The molecule has 0 bridgehead atoms. The lowest BCUT2D eigenvalue weighted by Crippen LogP contribution is -2.06. The van der Waals surface area contributed by atoms with Crippen molar-refractivity contribution >= 4 is 5.69 Å². The molecule has 1 N–H and O–H groups in total. The van der Waals surface area contributed by atoms with Crippen LogP contribution in [0.4, 0.5) is 5.69 Å². The summed E-state index contributed by atoms with van der Waals surface area (Å²) in [6.07, 6.45) is 5.20. The van der Waals surface area contributed by atoms with Crippen LogP contribution in [0.15, 0.2) is 42.9 Å². The number of aromatic nitrogens is 2. The van der Waals surface area contributed by atoms with Crippen LogP contribution in [0.3, 0.4) is 0 Å². The van der Waals surface area contributed by atoms with E-state index in [4.69, 9.17) is 5.26 Å². The van der Waals surface area contributed by atoms with Crippen LogP contribution >= 0.6 is 0 Å². The fraction of sp³-hybridized carbons (Fsp3) is 0.154. The number of rotatable bonds is 3. The van der Waals surface area contributed by atoms with Gasteiger partial charge in [0.05, 0.1) is 11.9 Å². The average Bonchev–Trinajstić information content (AvgIpc) is 2.40. The van der Waals surface area contributed by atoms with Gasteiger partial charge < -0.3 is 5.32 Å². The zero-order valence-electron chi connectivity index (χ0n) is 9.46. The van der Waals surface area contributed by atoms with Crippen molar-refractivity contribution in [3.63, 3.8) is 0 Å². The van der Waals surface area contributed by atoms with Crippen LogP contribution in [0.25, 0.3) is 0 Å². The molecule has 0 spiro atoms. The average molecular weight is 224 g/mol. The van der Waals surface area contributed by atoms with Crippen LogP contribution in [0.2, 0.25) is 0 Å². The van der Waals surface area contributed by atoms with Crippen molar-refractivity contribution in [2.45, 2.75) is 13.0 Å². The first-order chi connectivity index (χ1) is 8.29. The molecule has 0 aliphatic carbocycles. The Hall–Kier alpha value is -2.41. The largest absolute Gasteiger partial charge is 0.377 e. The summed E-state index contributed by atoms with van der Waals surface area (Å²) in [6.45, 7) is 2.06. The van der Waals surface area contributed by atoms with Gasteiger partial charge >= 0.3 is 0 Å². The fourth-order valence-electron chi connectivity index (χ4n) is 1.53. The fourth-order valence-corrected chi connectivity index (χ4v) is 1.53. The van der Waals surface area contributed by atoms with Gasteiger partial charge in [0, 0.05) is 18.4 Å². The Bertz CT molecular complexity index is 513. The molecule has 0 radical (unpaired) electrons. The molecule has 0 unspecified atom stereocenters. The van der Waals surface area contributed by atoms with Crippen molar-refractivity contribution in [2.24, 2.45) is 0 Å². The van der Waals surface area contributed by atoms with Crippen molar-refractivity contribution in [3.05, 3.63) is 54.1 Å². The molecule has 0 aromatic carbocycles. The second kappa shape index (κ2) is 5.08. The monoisotopic (exact) mass is 224 g/mol. The van der Waals surface area contributed by atoms with E-state index in [2.05, 4.69) is 22.2 Å². The maximum atomic E-state index is 8.65. The Labute approximate surface area is 100.0 Å². The molecule has 2 rings (SSSR count). The van der Waals surface area contributed by atoms with E-state index in [1.54, 1.807) is 24.7 Å². The number of pyridine rings is 2. The highest BCUT2D eigenvalue weighted by Gasteiger charge is 2.04. The predicted molar refractivity (Wildman–Crippen MR) is 65.2 cm³/mol. The summed E-state index contributed by atoms with van der Waals surface area (Å²) in [5, 5.41) is 12.0. The SMILES string of the molecule is C[C@@H](Nc1ccc(C#N)nc1)c1ccncc1. The Morgan fingerprint density at radius 3 is 2.59 bits per heavy atom. The minimum atomic E-state index is 0.174. The molecule has 2 heterocycles. The van der Waals surface area contributed by atoms with Crippen LogP contribution in [0, 0.1) is 11.3 Å². The van der Waals surface area contributed by atoms with Gasteiger partial charge in [-0.3, -0.25) is 4.98 Å². The van der Waals surface area contributed by atoms with E-state index in [1.165, 1.54) is 0 Å². The van der Waals surface area contributed by atoms with Gasteiger partial charge in [-0.05, 0) is 36.8 Å². The van der Waals surface area contributed by atoms with Gasteiger partial charge in [-0.1, -0.05) is 0 Å². The third kappa shape index (κ3) is 2.79. The van der Waals surface area contributed by atoms with Crippen LogP contribution in [0.5, 0.6) is 0 Å². The van der Waals surface area contributed by atoms with Gasteiger partial charge in [-0.15, -0.1) is 0 Å². The molecule has 0 saturated heterocycles. The summed E-state index contributed by atoms with van der Waals surface area (Å²) in [5.74, 6) is 0. The summed E-state index contributed by atoms with van der Waals surface area (Å²) in [7, 11) is 0. The van der Waals surface area contributed by atoms with Gasteiger partial charge in [0.25, 0.3) is 0 Å². The molecular weight excluding hydrogens is 212 g/mol. The van der Waals surface area contributed by atoms with Crippen LogP contribution < -0.4 is 5.32 Å². The summed E-state index contributed by atoms with van der Waals surface area (Å²) in [6, 6.07) is 9.65. The third-order valence-corrected chi connectivity index (χ3v) is 2.47. The zero-order chi connectivity index (χ0) is 12.1. The van der Waals surface area contributed by atoms with Crippen molar-refractivity contribution in [2.75, 3.05) is 5.32 Å². The predicted octanol–water partition coefficient (Wildman–Crippen LogP) is 2.52. The van der Waals surface area contributed by atoms with Crippen molar-refractivity contribution < 1.29 is 0 Å². The Morgan fingerprint density at radius 1 is 1.24 bits per heavy atom. The molecule has 84 valence electrons. The van der Waals surface area contributed by atoms with Gasteiger partial charge in [-0.25, -0.2) is 4.98 Å². The minimum absolute atomic E-state index is 0.174. The molecular formula is C13H12N4. The number of hydrogen-bond acceptors (Lipinski definition) is 4. The van der Waals surface area contributed by atoms with Crippen molar-refractivity contribution in [1.82, 2.24) is 9.97 Å². The second-order valence-electron chi connectivity index (χ2n) is 3.69. The quantitative estimate of drug-likeness (QED) is 0.870. The lowest BCUT2D eigenvalue weighted by molar-refractivity contribution is 0.879. The van der Waals surface area contributed by atoms with Crippen LogP contribution in [-0.2, 0) is 0 Å². The molecule has 2 aromatic heterocycles. The highest BCUT2D eigenvalue weighted by atomic mass is 14.9. The molecule has 4 heteroatoms. The Morgan fingerprint density at radius 2 is 2.00 bits per heavy atom. The molecule has 1 atom stereocenters. The van der Waals surface area contributed by atoms with Crippen LogP contribution in [0.1, 0.15) is 24.2 Å². The maximum absolute atomic E-state index is 8.65. The lowest BCUT2D eigenvalue weighted by Gasteiger charge is -2.14. The topological polar surface area (TPSA) is 61.6 Å². The highest BCUT2D eigenvalue weighted by molar-refractivity contribution is 5.44. The van der Waals surface area contributed by atoms with E-state index in [0.29, 0.717) is 5.69 Å². The summed E-state index contributed by atoms with van der Waals surface area (Å²) < 4.78 is 0. The summed E-state index contributed by atoms with van der Waals surface area (Å²) in [5.41, 5.74) is 2.48.